The standard InChI is InChI=1S/C10H8FNO3/c11-6-3-5-1-2-15-9(5)7(4-6)8(12)10(13)14/h1-4,8H,12H2,(H,13,14). The molecule has 0 spiro atoms. The van der Waals surface area contributed by atoms with Gasteiger partial charge in [0, 0.05) is 10.9 Å². The monoisotopic (exact) mass is 209 g/mol. The Morgan fingerprint density at radius 3 is 2.93 bits per heavy atom. The summed E-state index contributed by atoms with van der Waals surface area (Å²) in [5.74, 6) is -1.76. The molecule has 1 aromatic carbocycles. The SMILES string of the molecule is NC(C(=O)O)c1cc(F)cc2ccoc12. The highest BCUT2D eigenvalue weighted by molar-refractivity contribution is 5.86. The second-order valence-corrected chi connectivity index (χ2v) is 3.15. The fourth-order valence-electron chi connectivity index (χ4n) is 1.44. The number of benzene rings is 1. The van der Waals surface area contributed by atoms with E-state index in [2.05, 4.69) is 0 Å². The Morgan fingerprint density at radius 2 is 2.27 bits per heavy atom. The molecule has 1 heterocycles. The van der Waals surface area contributed by atoms with Crippen LogP contribution in [0.1, 0.15) is 11.6 Å². The van der Waals surface area contributed by atoms with Gasteiger partial charge in [-0.2, -0.15) is 0 Å². The average Bonchev–Trinajstić information content (AvgIpc) is 2.62. The summed E-state index contributed by atoms with van der Waals surface area (Å²) in [6.45, 7) is 0. The number of carboxylic acid groups (broad SMARTS) is 1. The lowest BCUT2D eigenvalue weighted by Gasteiger charge is -2.07. The summed E-state index contributed by atoms with van der Waals surface area (Å²) < 4.78 is 18.2. The number of fused-ring (bicyclic) bond motifs is 1. The maximum absolute atomic E-state index is 13.1. The minimum absolute atomic E-state index is 0.141. The van der Waals surface area contributed by atoms with Gasteiger partial charge in [-0.15, -0.1) is 0 Å². The van der Waals surface area contributed by atoms with E-state index in [9.17, 15) is 9.18 Å². The van der Waals surface area contributed by atoms with Gasteiger partial charge >= 0.3 is 5.97 Å². The van der Waals surface area contributed by atoms with Gasteiger partial charge in [0.2, 0.25) is 0 Å². The van der Waals surface area contributed by atoms with Gasteiger partial charge < -0.3 is 15.3 Å². The van der Waals surface area contributed by atoms with Crippen LogP contribution in [0.5, 0.6) is 0 Å². The van der Waals surface area contributed by atoms with Crippen LogP contribution in [0.2, 0.25) is 0 Å². The third-order valence-electron chi connectivity index (χ3n) is 2.15. The van der Waals surface area contributed by atoms with Crippen LogP contribution in [0, 0.1) is 5.82 Å². The van der Waals surface area contributed by atoms with Crippen molar-refractivity contribution < 1.29 is 18.7 Å². The lowest BCUT2D eigenvalue weighted by molar-refractivity contribution is -0.138. The first-order chi connectivity index (χ1) is 7.09. The fraction of sp³-hybridized carbons (Fsp3) is 0.100. The van der Waals surface area contributed by atoms with Crippen molar-refractivity contribution in [3.63, 3.8) is 0 Å². The van der Waals surface area contributed by atoms with Crippen LogP contribution in [-0.2, 0) is 4.79 Å². The van der Waals surface area contributed by atoms with Crippen molar-refractivity contribution in [3.05, 3.63) is 35.8 Å². The van der Waals surface area contributed by atoms with Crippen LogP contribution in [0.4, 0.5) is 4.39 Å². The Morgan fingerprint density at radius 1 is 1.53 bits per heavy atom. The van der Waals surface area contributed by atoms with Gasteiger partial charge in [0.1, 0.15) is 17.4 Å². The largest absolute Gasteiger partial charge is 0.480 e. The van der Waals surface area contributed by atoms with Crippen LogP contribution >= 0.6 is 0 Å². The van der Waals surface area contributed by atoms with Crippen molar-refractivity contribution in [2.24, 2.45) is 5.73 Å². The summed E-state index contributed by atoms with van der Waals surface area (Å²) in [6.07, 6.45) is 1.36. The lowest BCUT2D eigenvalue weighted by atomic mass is 10.1. The molecule has 0 fully saturated rings. The number of rotatable bonds is 2. The first kappa shape index (κ1) is 9.67. The summed E-state index contributed by atoms with van der Waals surface area (Å²) in [6, 6.07) is 2.60. The number of hydrogen-bond acceptors (Lipinski definition) is 3. The predicted molar refractivity (Wildman–Crippen MR) is 50.7 cm³/mol. The minimum Gasteiger partial charge on any atom is -0.480 e. The van der Waals surface area contributed by atoms with Gasteiger partial charge in [0.25, 0.3) is 0 Å². The highest BCUT2D eigenvalue weighted by atomic mass is 19.1. The Bertz CT molecular complexity index is 520. The summed E-state index contributed by atoms with van der Waals surface area (Å²) in [5.41, 5.74) is 5.86. The first-order valence-electron chi connectivity index (χ1n) is 4.24. The third kappa shape index (κ3) is 1.57. The zero-order valence-electron chi connectivity index (χ0n) is 7.61. The highest BCUT2D eigenvalue weighted by Gasteiger charge is 2.19. The Labute approximate surface area is 84.1 Å². The van der Waals surface area contributed by atoms with Gasteiger partial charge in [-0.05, 0) is 18.2 Å². The minimum atomic E-state index is -1.28. The van der Waals surface area contributed by atoms with E-state index in [0.29, 0.717) is 11.0 Å². The van der Waals surface area contributed by atoms with E-state index in [1.54, 1.807) is 6.07 Å². The molecule has 4 nitrogen and oxygen atoms in total. The van der Waals surface area contributed by atoms with Crippen LogP contribution in [0.15, 0.2) is 28.9 Å². The van der Waals surface area contributed by atoms with Crippen LogP contribution in [0.3, 0.4) is 0 Å². The Hall–Kier alpha value is -1.88. The summed E-state index contributed by atoms with van der Waals surface area (Å²) in [7, 11) is 0. The Balaban J connectivity index is 2.67. The number of carboxylic acids is 1. The lowest BCUT2D eigenvalue weighted by Crippen LogP contribution is -2.20. The molecule has 1 atom stereocenters. The molecule has 78 valence electrons. The third-order valence-corrected chi connectivity index (χ3v) is 2.15. The molecule has 0 radical (unpaired) electrons. The second kappa shape index (κ2) is 3.36. The van der Waals surface area contributed by atoms with E-state index >= 15 is 0 Å². The topological polar surface area (TPSA) is 76.5 Å². The van der Waals surface area contributed by atoms with Crippen molar-refractivity contribution in [1.82, 2.24) is 0 Å². The molecular formula is C10H8FNO3. The molecule has 0 aliphatic heterocycles. The molecule has 5 heteroatoms. The smallest absolute Gasteiger partial charge is 0.325 e. The molecule has 1 aromatic heterocycles. The molecule has 1 unspecified atom stereocenters. The zero-order chi connectivity index (χ0) is 11.0. The molecule has 2 aromatic rings. The number of hydrogen-bond donors (Lipinski definition) is 2. The molecule has 0 amide bonds. The Kier molecular flexibility index (Phi) is 2.17. The van der Waals surface area contributed by atoms with E-state index in [-0.39, 0.29) is 5.56 Å². The summed E-state index contributed by atoms with van der Waals surface area (Å²) >= 11 is 0. The van der Waals surface area contributed by atoms with Crippen LogP contribution in [0.25, 0.3) is 11.0 Å². The predicted octanol–water partition coefficient (Wildman–Crippen LogP) is 1.66. The average molecular weight is 209 g/mol. The molecule has 0 saturated carbocycles. The number of aliphatic carboxylic acids is 1. The van der Waals surface area contributed by atoms with Crippen molar-refractivity contribution >= 4 is 16.9 Å². The molecular weight excluding hydrogens is 201 g/mol. The first-order valence-corrected chi connectivity index (χ1v) is 4.24. The summed E-state index contributed by atoms with van der Waals surface area (Å²) in [4.78, 5) is 10.7. The molecule has 15 heavy (non-hydrogen) atoms. The van der Waals surface area contributed by atoms with E-state index in [1.165, 1.54) is 12.3 Å². The van der Waals surface area contributed by atoms with Gasteiger partial charge in [0.05, 0.1) is 6.26 Å². The van der Waals surface area contributed by atoms with Crippen molar-refractivity contribution in [3.8, 4) is 0 Å². The van der Waals surface area contributed by atoms with E-state index < -0.39 is 17.8 Å². The quantitative estimate of drug-likeness (QED) is 0.788. The zero-order valence-corrected chi connectivity index (χ0v) is 7.61. The van der Waals surface area contributed by atoms with Gasteiger partial charge in [0.15, 0.2) is 0 Å². The van der Waals surface area contributed by atoms with E-state index in [0.717, 1.165) is 6.07 Å². The summed E-state index contributed by atoms with van der Waals surface area (Å²) in [5, 5.41) is 9.24. The molecule has 0 aliphatic carbocycles. The molecule has 0 aliphatic rings. The van der Waals surface area contributed by atoms with Gasteiger partial charge in [-0.1, -0.05) is 0 Å². The number of nitrogens with two attached hydrogens (primary N) is 1. The number of furan rings is 1. The van der Waals surface area contributed by atoms with Crippen molar-refractivity contribution in [2.45, 2.75) is 6.04 Å². The molecule has 2 rings (SSSR count). The number of halogens is 1. The fourth-order valence-corrected chi connectivity index (χ4v) is 1.44. The normalized spacial score (nSPS) is 12.9. The van der Waals surface area contributed by atoms with Crippen LogP contribution in [-0.4, -0.2) is 11.1 Å². The second-order valence-electron chi connectivity index (χ2n) is 3.15. The van der Waals surface area contributed by atoms with E-state index in [4.69, 9.17) is 15.3 Å². The highest BCUT2D eigenvalue weighted by Crippen LogP contribution is 2.25. The molecule has 3 N–H and O–H groups in total. The van der Waals surface area contributed by atoms with Crippen LogP contribution < -0.4 is 5.73 Å². The molecule has 0 bridgehead atoms. The molecule has 0 saturated heterocycles. The maximum Gasteiger partial charge on any atom is 0.325 e. The van der Waals surface area contributed by atoms with Gasteiger partial charge in [-0.3, -0.25) is 4.79 Å². The number of carbonyl (C=O) groups is 1. The van der Waals surface area contributed by atoms with Gasteiger partial charge in [-0.25, -0.2) is 4.39 Å². The van der Waals surface area contributed by atoms with E-state index in [1.807, 2.05) is 0 Å². The van der Waals surface area contributed by atoms with Crippen molar-refractivity contribution in [2.75, 3.05) is 0 Å². The van der Waals surface area contributed by atoms with Crippen molar-refractivity contribution in [1.29, 1.82) is 0 Å². The maximum atomic E-state index is 13.1.